The second-order valence-corrected chi connectivity index (χ2v) is 1.89. The molecular weight excluding hydrogens is 132 g/mol. The number of aliphatic hydroxyl groups is 1. The first-order chi connectivity index (χ1) is 4.74. The van der Waals surface area contributed by atoms with Gasteiger partial charge in [-0.1, -0.05) is 0 Å². The Morgan fingerprint density at radius 1 is 1.60 bits per heavy atom. The van der Waals surface area contributed by atoms with E-state index in [9.17, 15) is 0 Å². The van der Waals surface area contributed by atoms with Crippen LogP contribution in [0, 0.1) is 0 Å². The summed E-state index contributed by atoms with van der Waals surface area (Å²) >= 11 is 0. The summed E-state index contributed by atoms with van der Waals surface area (Å²) < 4.78 is 0. The molecule has 10 heavy (non-hydrogen) atoms. The van der Waals surface area contributed by atoms with Crippen molar-refractivity contribution >= 4 is 5.69 Å². The monoisotopic (exact) mass is 140 g/mol. The molecule has 0 aromatic carbocycles. The zero-order valence-electron chi connectivity index (χ0n) is 5.28. The second-order valence-electron chi connectivity index (χ2n) is 1.89. The van der Waals surface area contributed by atoms with Crippen LogP contribution in [0.15, 0.2) is 12.3 Å². The van der Waals surface area contributed by atoms with E-state index in [0.29, 0.717) is 5.69 Å². The first-order valence-electron chi connectivity index (χ1n) is 2.78. The molecule has 4 heteroatoms. The summed E-state index contributed by atoms with van der Waals surface area (Å²) in [5.74, 6) is -0.0671. The minimum atomic E-state index is -0.272. The lowest BCUT2D eigenvalue weighted by atomic mass is 10.3. The second kappa shape index (κ2) is 2.53. The highest BCUT2D eigenvalue weighted by Gasteiger charge is 1.99. The van der Waals surface area contributed by atoms with Gasteiger partial charge in [0.1, 0.15) is 11.4 Å². The average Bonchev–Trinajstić information content (AvgIpc) is 1.88. The van der Waals surface area contributed by atoms with E-state index in [4.69, 9.17) is 15.9 Å². The average molecular weight is 140 g/mol. The molecule has 1 rings (SSSR count). The van der Waals surface area contributed by atoms with Crippen LogP contribution in [-0.4, -0.2) is 15.2 Å². The van der Waals surface area contributed by atoms with Crippen molar-refractivity contribution in [1.82, 2.24) is 4.98 Å². The number of pyridine rings is 1. The predicted molar refractivity (Wildman–Crippen MR) is 36.2 cm³/mol. The Hall–Kier alpha value is -1.29. The third-order valence-electron chi connectivity index (χ3n) is 1.12. The number of nitrogens with two attached hydrogens (primary N) is 1. The largest absolute Gasteiger partial charge is 0.506 e. The Morgan fingerprint density at radius 3 is 2.80 bits per heavy atom. The van der Waals surface area contributed by atoms with Crippen LogP contribution in [0.4, 0.5) is 5.69 Å². The summed E-state index contributed by atoms with van der Waals surface area (Å²) in [6, 6.07) is 1.35. The summed E-state index contributed by atoms with van der Waals surface area (Å²) in [6.07, 6.45) is 1.38. The maximum Gasteiger partial charge on any atom is 0.141 e. The van der Waals surface area contributed by atoms with E-state index < -0.39 is 0 Å². The van der Waals surface area contributed by atoms with E-state index in [1.54, 1.807) is 0 Å². The Bertz CT molecular complexity index is 237. The van der Waals surface area contributed by atoms with Crippen molar-refractivity contribution in [2.75, 3.05) is 5.73 Å². The molecule has 54 valence electrons. The van der Waals surface area contributed by atoms with Gasteiger partial charge in [0.2, 0.25) is 0 Å². The Labute approximate surface area is 57.9 Å². The first-order valence-corrected chi connectivity index (χ1v) is 2.78. The fourth-order valence-corrected chi connectivity index (χ4v) is 0.619. The lowest BCUT2D eigenvalue weighted by Gasteiger charge is -1.98. The van der Waals surface area contributed by atoms with Crippen LogP contribution in [-0.2, 0) is 6.61 Å². The van der Waals surface area contributed by atoms with Crippen LogP contribution in [0.1, 0.15) is 5.69 Å². The minimum absolute atomic E-state index is 0.0671. The number of aromatic hydroxyl groups is 1. The zero-order valence-corrected chi connectivity index (χ0v) is 5.28. The van der Waals surface area contributed by atoms with Gasteiger partial charge in [-0.15, -0.1) is 0 Å². The van der Waals surface area contributed by atoms with Crippen LogP contribution in [0.3, 0.4) is 0 Å². The molecule has 0 aliphatic rings. The SMILES string of the molecule is Nc1cnc(CO)c(O)c1. The molecule has 0 spiro atoms. The van der Waals surface area contributed by atoms with Crippen molar-refractivity contribution in [3.05, 3.63) is 18.0 Å². The fourth-order valence-electron chi connectivity index (χ4n) is 0.619. The lowest BCUT2D eigenvalue weighted by molar-refractivity contribution is 0.270. The number of hydrogen-bond acceptors (Lipinski definition) is 4. The molecule has 0 aliphatic carbocycles. The van der Waals surface area contributed by atoms with Crippen molar-refractivity contribution in [2.45, 2.75) is 6.61 Å². The third-order valence-corrected chi connectivity index (χ3v) is 1.12. The van der Waals surface area contributed by atoms with Crippen molar-refractivity contribution in [3.8, 4) is 5.75 Å². The van der Waals surface area contributed by atoms with Gasteiger partial charge in [0.15, 0.2) is 0 Å². The van der Waals surface area contributed by atoms with Gasteiger partial charge in [-0.05, 0) is 0 Å². The van der Waals surface area contributed by atoms with Gasteiger partial charge in [0.05, 0.1) is 18.5 Å². The van der Waals surface area contributed by atoms with E-state index in [0.717, 1.165) is 0 Å². The van der Waals surface area contributed by atoms with Gasteiger partial charge in [0, 0.05) is 6.07 Å². The fraction of sp³-hybridized carbons (Fsp3) is 0.167. The topological polar surface area (TPSA) is 79.4 Å². The van der Waals surface area contributed by atoms with Crippen LogP contribution >= 0.6 is 0 Å². The molecule has 0 unspecified atom stereocenters. The molecule has 0 fully saturated rings. The normalized spacial score (nSPS) is 9.70. The number of aromatic nitrogens is 1. The van der Waals surface area contributed by atoms with Crippen molar-refractivity contribution in [1.29, 1.82) is 0 Å². The highest BCUT2D eigenvalue weighted by Crippen LogP contribution is 2.16. The molecule has 0 atom stereocenters. The summed E-state index contributed by atoms with van der Waals surface area (Å²) in [6.45, 7) is -0.272. The smallest absolute Gasteiger partial charge is 0.141 e. The Morgan fingerprint density at radius 2 is 2.30 bits per heavy atom. The molecule has 0 radical (unpaired) electrons. The van der Waals surface area contributed by atoms with Gasteiger partial charge in [0.25, 0.3) is 0 Å². The summed E-state index contributed by atoms with van der Waals surface area (Å²) in [5.41, 5.74) is 5.91. The van der Waals surface area contributed by atoms with Gasteiger partial charge >= 0.3 is 0 Å². The van der Waals surface area contributed by atoms with Crippen LogP contribution in [0.5, 0.6) is 5.75 Å². The summed E-state index contributed by atoms with van der Waals surface area (Å²) in [5, 5.41) is 17.5. The molecule has 0 bridgehead atoms. The van der Waals surface area contributed by atoms with Crippen molar-refractivity contribution in [2.24, 2.45) is 0 Å². The van der Waals surface area contributed by atoms with E-state index in [-0.39, 0.29) is 18.1 Å². The molecule has 4 N–H and O–H groups in total. The van der Waals surface area contributed by atoms with E-state index >= 15 is 0 Å². The van der Waals surface area contributed by atoms with Crippen LogP contribution in [0.2, 0.25) is 0 Å². The maximum absolute atomic E-state index is 8.99. The van der Waals surface area contributed by atoms with Gasteiger partial charge < -0.3 is 15.9 Å². The number of nitrogens with zero attached hydrogens (tertiary/aromatic N) is 1. The highest BCUT2D eigenvalue weighted by atomic mass is 16.3. The van der Waals surface area contributed by atoms with Gasteiger partial charge in [-0.2, -0.15) is 0 Å². The molecule has 0 amide bonds. The number of rotatable bonds is 1. The number of hydrogen-bond donors (Lipinski definition) is 3. The quantitative estimate of drug-likeness (QED) is 0.507. The number of anilines is 1. The number of aliphatic hydroxyl groups excluding tert-OH is 1. The Balaban J connectivity index is 3.07. The van der Waals surface area contributed by atoms with Crippen molar-refractivity contribution < 1.29 is 10.2 Å². The van der Waals surface area contributed by atoms with E-state index in [1.807, 2.05) is 0 Å². The summed E-state index contributed by atoms with van der Waals surface area (Å²) in [4.78, 5) is 3.67. The predicted octanol–water partition coefficient (Wildman–Crippen LogP) is -0.138. The van der Waals surface area contributed by atoms with Crippen LogP contribution < -0.4 is 5.73 Å². The van der Waals surface area contributed by atoms with Crippen molar-refractivity contribution in [3.63, 3.8) is 0 Å². The minimum Gasteiger partial charge on any atom is -0.506 e. The molecule has 1 heterocycles. The standard InChI is InChI=1S/C6H8N2O2/c7-4-1-6(10)5(3-9)8-2-4/h1-2,9-10H,3,7H2. The number of nitrogen functional groups attached to an aromatic ring is 1. The Kier molecular flexibility index (Phi) is 1.73. The van der Waals surface area contributed by atoms with Gasteiger partial charge in [-0.25, -0.2) is 0 Å². The van der Waals surface area contributed by atoms with Gasteiger partial charge in [-0.3, -0.25) is 4.98 Å². The molecule has 1 aromatic rings. The third kappa shape index (κ3) is 1.16. The summed E-state index contributed by atoms with van der Waals surface area (Å²) in [7, 11) is 0. The molecular formula is C6H8N2O2. The molecule has 4 nitrogen and oxygen atoms in total. The maximum atomic E-state index is 8.99. The molecule has 0 saturated carbocycles. The first kappa shape index (κ1) is 6.82. The molecule has 0 aliphatic heterocycles. The van der Waals surface area contributed by atoms with E-state index in [2.05, 4.69) is 4.98 Å². The van der Waals surface area contributed by atoms with E-state index in [1.165, 1.54) is 12.3 Å². The lowest BCUT2D eigenvalue weighted by Crippen LogP contribution is -1.92. The highest BCUT2D eigenvalue weighted by molar-refractivity contribution is 5.42. The zero-order chi connectivity index (χ0) is 7.56. The molecule has 1 aromatic heterocycles. The van der Waals surface area contributed by atoms with Crippen LogP contribution in [0.25, 0.3) is 0 Å². The molecule has 0 saturated heterocycles.